The van der Waals surface area contributed by atoms with Crippen molar-refractivity contribution in [1.82, 2.24) is 5.32 Å². The Labute approximate surface area is 111 Å². The number of rotatable bonds is 3. The van der Waals surface area contributed by atoms with E-state index in [0.29, 0.717) is 12.8 Å². The molecule has 0 aromatic carbocycles. The van der Waals surface area contributed by atoms with Crippen LogP contribution in [0.4, 0.5) is 22.0 Å². The molecule has 2 unspecified atom stereocenters. The molecule has 0 spiro atoms. The summed E-state index contributed by atoms with van der Waals surface area (Å²) < 4.78 is 62.0. The molecule has 0 aromatic heterocycles. The molecule has 1 rings (SSSR count). The van der Waals surface area contributed by atoms with Crippen molar-refractivity contribution in [1.29, 1.82) is 0 Å². The Morgan fingerprint density at radius 1 is 1.25 bits per heavy atom. The highest BCUT2D eigenvalue weighted by Gasteiger charge is 2.64. The van der Waals surface area contributed by atoms with E-state index in [1.807, 2.05) is 0 Å². The van der Waals surface area contributed by atoms with E-state index in [9.17, 15) is 31.5 Å². The average molecular weight is 303 g/mol. The van der Waals surface area contributed by atoms with Gasteiger partial charge in [0.1, 0.15) is 5.54 Å². The Morgan fingerprint density at radius 2 is 1.80 bits per heavy atom. The molecule has 1 saturated carbocycles. The molecule has 0 saturated heterocycles. The van der Waals surface area contributed by atoms with Gasteiger partial charge in [-0.05, 0) is 18.8 Å². The van der Waals surface area contributed by atoms with Gasteiger partial charge in [-0.15, -0.1) is 0 Å². The van der Waals surface area contributed by atoms with Gasteiger partial charge in [0.25, 0.3) is 0 Å². The Balaban J connectivity index is 2.98. The van der Waals surface area contributed by atoms with Gasteiger partial charge in [-0.3, -0.25) is 4.79 Å². The van der Waals surface area contributed by atoms with Crippen molar-refractivity contribution in [2.75, 3.05) is 0 Å². The highest BCUT2D eigenvalue weighted by atomic mass is 19.4. The molecular weight excluding hydrogens is 289 g/mol. The number of alkyl halides is 5. The van der Waals surface area contributed by atoms with Gasteiger partial charge in [-0.25, -0.2) is 4.79 Å². The van der Waals surface area contributed by atoms with Gasteiger partial charge in [0.2, 0.25) is 0 Å². The molecule has 1 amide bonds. The molecular formula is C11H14F5NO3. The number of carboxylic acid groups (broad SMARTS) is 1. The molecule has 20 heavy (non-hydrogen) atoms. The lowest BCUT2D eigenvalue weighted by molar-refractivity contribution is -0.270. The number of nitrogens with one attached hydrogen (secondary N) is 1. The number of carbonyl (C=O) groups excluding carboxylic acids is 1. The number of hydrogen-bond donors (Lipinski definition) is 2. The molecule has 0 radical (unpaired) electrons. The van der Waals surface area contributed by atoms with Crippen LogP contribution in [0, 0.1) is 5.92 Å². The molecule has 9 heteroatoms. The zero-order valence-corrected chi connectivity index (χ0v) is 10.6. The van der Waals surface area contributed by atoms with Crippen molar-refractivity contribution in [2.45, 2.75) is 50.2 Å². The molecule has 0 heterocycles. The van der Waals surface area contributed by atoms with Crippen LogP contribution in [-0.4, -0.2) is 34.6 Å². The van der Waals surface area contributed by atoms with Gasteiger partial charge in [-0.1, -0.05) is 19.8 Å². The van der Waals surface area contributed by atoms with Gasteiger partial charge in [0.05, 0.1) is 0 Å². The third-order valence-corrected chi connectivity index (χ3v) is 3.40. The van der Waals surface area contributed by atoms with Crippen molar-refractivity contribution < 1.29 is 36.6 Å². The lowest BCUT2D eigenvalue weighted by atomic mass is 9.76. The number of carbonyl (C=O) groups is 2. The number of hydrogen-bond acceptors (Lipinski definition) is 2. The van der Waals surface area contributed by atoms with Crippen molar-refractivity contribution in [3.8, 4) is 0 Å². The summed E-state index contributed by atoms with van der Waals surface area (Å²) in [6.45, 7) is 1.64. The van der Waals surface area contributed by atoms with Crippen LogP contribution in [-0.2, 0) is 9.59 Å². The molecule has 1 aliphatic carbocycles. The van der Waals surface area contributed by atoms with Gasteiger partial charge < -0.3 is 10.4 Å². The smallest absolute Gasteiger partial charge is 0.463 e. The maximum Gasteiger partial charge on any atom is 0.463 e. The predicted octanol–water partition coefficient (Wildman–Crippen LogP) is 2.33. The summed E-state index contributed by atoms with van der Waals surface area (Å²) >= 11 is 0. The predicted molar refractivity (Wildman–Crippen MR) is 57.1 cm³/mol. The molecule has 0 aliphatic heterocycles. The van der Waals surface area contributed by atoms with E-state index in [1.54, 1.807) is 6.92 Å². The van der Waals surface area contributed by atoms with Crippen LogP contribution in [0.25, 0.3) is 0 Å². The monoisotopic (exact) mass is 303 g/mol. The first-order chi connectivity index (χ1) is 8.92. The van der Waals surface area contributed by atoms with Crippen LogP contribution in [0.15, 0.2) is 0 Å². The normalized spacial score (nSPS) is 28.0. The van der Waals surface area contributed by atoms with E-state index in [-0.39, 0.29) is 18.8 Å². The minimum atomic E-state index is -6.06. The Bertz CT molecular complexity index is 409. The van der Waals surface area contributed by atoms with Crippen LogP contribution >= 0.6 is 0 Å². The van der Waals surface area contributed by atoms with Gasteiger partial charge >= 0.3 is 24.0 Å². The summed E-state index contributed by atoms with van der Waals surface area (Å²) in [6.07, 6.45) is -5.46. The number of amides is 1. The van der Waals surface area contributed by atoms with E-state index in [1.165, 1.54) is 5.32 Å². The maximum atomic E-state index is 12.9. The fraction of sp³-hybridized carbons (Fsp3) is 0.818. The summed E-state index contributed by atoms with van der Waals surface area (Å²) in [6, 6.07) is 0. The number of halogens is 5. The molecule has 1 fully saturated rings. The Hall–Kier alpha value is -1.41. The van der Waals surface area contributed by atoms with Gasteiger partial charge in [0.15, 0.2) is 0 Å². The second-order valence-corrected chi connectivity index (χ2v) is 5.12. The number of aliphatic carboxylic acids is 1. The topological polar surface area (TPSA) is 66.4 Å². The van der Waals surface area contributed by atoms with E-state index in [0.717, 1.165) is 0 Å². The van der Waals surface area contributed by atoms with Crippen LogP contribution < -0.4 is 5.32 Å². The van der Waals surface area contributed by atoms with Crippen LogP contribution in [0.2, 0.25) is 0 Å². The summed E-state index contributed by atoms with van der Waals surface area (Å²) in [5.74, 6) is -10.0. The molecule has 116 valence electrons. The van der Waals surface area contributed by atoms with Crippen molar-refractivity contribution in [3.05, 3.63) is 0 Å². The van der Waals surface area contributed by atoms with Crippen molar-refractivity contribution in [3.63, 3.8) is 0 Å². The van der Waals surface area contributed by atoms with E-state index in [2.05, 4.69) is 0 Å². The number of carboxylic acids is 1. The summed E-state index contributed by atoms with van der Waals surface area (Å²) in [5.41, 5.74) is -2.07. The fourth-order valence-electron chi connectivity index (χ4n) is 2.34. The first-order valence-electron chi connectivity index (χ1n) is 5.93. The summed E-state index contributed by atoms with van der Waals surface area (Å²) in [7, 11) is 0. The van der Waals surface area contributed by atoms with E-state index >= 15 is 0 Å². The SMILES string of the molecule is CC1CCCC(NC(=O)C(F)(F)C(F)(F)F)(C(=O)O)C1. The van der Waals surface area contributed by atoms with E-state index in [4.69, 9.17) is 5.11 Å². The standard InChI is InChI=1S/C11H14F5NO3/c1-6-3-2-4-9(5-6,8(19)20)17-7(18)10(12,13)11(14,15)16/h6H,2-5H2,1H3,(H,17,18)(H,19,20). The lowest BCUT2D eigenvalue weighted by Gasteiger charge is -2.37. The quantitative estimate of drug-likeness (QED) is 0.786. The lowest BCUT2D eigenvalue weighted by Crippen LogP contribution is -2.62. The van der Waals surface area contributed by atoms with Crippen molar-refractivity contribution >= 4 is 11.9 Å². The molecule has 0 aromatic rings. The first kappa shape index (κ1) is 16.6. The molecule has 2 atom stereocenters. The summed E-state index contributed by atoms with van der Waals surface area (Å²) in [4.78, 5) is 22.3. The highest BCUT2D eigenvalue weighted by molar-refractivity contribution is 5.91. The Kier molecular flexibility index (Phi) is 4.31. The second-order valence-electron chi connectivity index (χ2n) is 5.12. The molecule has 1 aliphatic rings. The average Bonchev–Trinajstić information content (AvgIpc) is 2.26. The molecule has 2 N–H and O–H groups in total. The summed E-state index contributed by atoms with van der Waals surface area (Å²) in [5, 5.41) is 10.5. The third kappa shape index (κ3) is 3.01. The fourth-order valence-corrected chi connectivity index (χ4v) is 2.34. The zero-order valence-electron chi connectivity index (χ0n) is 10.6. The highest BCUT2D eigenvalue weighted by Crippen LogP contribution is 2.38. The Morgan fingerprint density at radius 3 is 2.20 bits per heavy atom. The van der Waals surface area contributed by atoms with Crippen molar-refractivity contribution in [2.24, 2.45) is 5.92 Å². The van der Waals surface area contributed by atoms with Crippen LogP contribution in [0.1, 0.15) is 32.6 Å². The van der Waals surface area contributed by atoms with Gasteiger partial charge in [-0.2, -0.15) is 22.0 Å². The van der Waals surface area contributed by atoms with Crippen LogP contribution in [0.5, 0.6) is 0 Å². The molecule has 0 bridgehead atoms. The minimum absolute atomic E-state index is 0.174. The van der Waals surface area contributed by atoms with Gasteiger partial charge in [0, 0.05) is 0 Å². The minimum Gasteiger partial charge on any atom is -0.480 e. The second kappa shape index (κ2) is 5.17. The third-order valence-electron chi connectivity index (χ3n) is 3.40. The largest absolute Gasteiger partial charge is 0.480 e. The van der Waals surface area contributed by atoms with E-state index < -0.39 is 29.5 Å². The maximum absolute atomic E-state index is 12.9. The van der Waals surface area contributed by atoms with Crippen LogP contribution in [0.3, 0.4) is 0 Å². The zero-order chi connectivity index (χ0) is 15.8. The molecule has 4 nitrogen and oxygen atoms in total. The first-order valence-corrected chi connectivity index (χ1v) is 5.93.